The normalized spacial score (nSPS) is 15.7. The zero-order chi connectivity index (χ0) is 21.7. The van der Waals surface area contributed by atoms with Gasteiger partial charge in [0.2, 0.25) is 10.0 Å². The van der Waals surface area contributed by atoms with Gasteiger partial charge in [0.25, 0.3) is 5.91 Å². The summed E-state index contributed by atoms with van der Waals surface area (Å²) in [4.78, 5) is 17.6. The Morgan fingerprint density at radius 3 is 2.63 bits per heavy atom. The van der Waals surface area contributed by atoms with Gasteiger partial charge in [-0.25, -0.2) is 12.7 Å². The first-order valence-electron chi connectivity index (χ1n) is 10.2. The maximum absolute atomic E-state index is 12.9. The molecule has 1 aromatic heterocycles. The first kappa shape index (κ1) is 22.2. The summed E-state index contributed by atoms with van der Waals surface area (Å²) < 4.78 is 31.0. The number of rotatable bonds is 7. The van der Waals surface area contributed by atoms with Gasteiger partial charge >= 0.3 is 0 Å². The van der Waals surface area contributed by atoms with Gasteiger partial charge in [0.05, 0.1) is 24.1 Å². The predicted molar refractivity (Wildman–Crippen MR) is 116 cm³/mol. The Morgan fingerprint density at radius 2 is 1.97 bits per heavy atom. The van der Waals surface area contributed by atoms with Gasteiger partial charge in [0, 0.05) is 31.2 Å². The summed E-state index contributed by atoms with van der Waals surface area (Å²) in [6, 6.07) is 11.2. The van der Waals surface area contributed by atoms with Gasteiger partial charge in [-0.1, -0.05) is 12.1 Å². The molecule has 1 N–H and O–H groups in total. The first-order valence-corrected chi connectivity index (χ1v) is 11.8. The van der Waals surface area contributed by atoms with E-state index >= 15 is 0 Å². The number of pyridine rings is 1. The molecular weight excluding hydrogens is 402 g/mol. The lowest BCUT2D eigenvalue weighted by Crippen LogP contribution is -2.39. The zero-order valence-electron chi connectivity index (χ0n) is 17.7. The van der Waals surface area contributed by atoms with Gasteiger partial charge in [0.1, 0.15) is 5.75 Å². The fourth-order valence-electron chi connectivity index (χ4n) is 3.73. The third-order valence-corrected chi connectivity index (χ3v) is 7.38. The molecule has 162 valence electrons. The number of carbonyl (C=O) groups excluding carboxylic acids is 1. The van der Waals surface area contributed by atoms with E-state index < -0.39 is 10.0 Å². The van der Waals surface area contributed by atoms with Crippen LogP contribution in [0.5, 0.6) is 5.75 Å². The smallest absolute Gasteiger partial charge is 0.253 e. The summed E-state index contributed by atoms with van der Waals surface area (Å²) in [6.07, 6.45) is 1.32. The van der Waals surface area contributed by atoms with Gasteiger partial charge in [-0.15, -0.1) is 0 Å². The molecule has 7 nitrogen and oxygen atoms in total. The van der Waals surface area contributed by atoms with Gasteiger partial charge in [-0.2, -0.15) is 0 Å². The highest BCUT2D eigenvalue weighted by Gasteiger charge is 2.30. The van der Waals surface area contributed by atoms with E-state index in [1.165, 1.54) is 0 Å². The van der Waals surface area contributed by atoms with Crippen LogP contribution in [0.2, 0.25) is 0 Å². The summed E-state index contributed by atoms with van der Waals surface area (Å²) in [5.74, 6) is 0.737. The first-order chi connectivity index (χ1) is 14.3. The van der Waals surface area contributed by atoms with Crippen LogP contribution < -0.4 is 10.1 Å². The molecule has 3 rings (SSSR count). The van der Waals surface area contributed by atoms with E-state index in [4.69, 9.17) is 4.74 Å². The van der Waals surface area contributed by atoms with Gasteiger partial charge < -0.3 is 10.1 Å². The van der Waals surface area contributed by atoms with Gasteiger partial charge in [0.15, 0.2) is 0 Å². The number of piperidine rings is 1. The molecule has 0 bridgehead atoms. The molecule has 1 aliphatic rings. The highest BCUT2D eigenvalue weighted by Crippen LogP contribution is 2.30. The number of aromatic nitrogens is 1. The standard InChI is InChI=1S/C22H29N3O4S/c1-4-30(27,28)25-12-10-18(11-13-25)21-20(9-8-16(2)24-21)22(26)23-15-17-6-5-7-19(14-17)29-3/h5-9,14,18H,4,10-13,15H2,1-3H3,(H,23,26). The summed E-state index contributed by atoms with van der Waals surface area (Å²) in [6.45, 7) is 4.87. The van der Waals surface area contributed by atoms with Crippen molar-refractivity contribution in [2.75, 3.05) is 26.0 Å². The molecule has 2 heterocycles. The van der Waals surface area contributed by atoms with Crippen molar-refractivity contribution in [2.45, 2.75) is 39.2 Å². The fraction of sp³-hybridized carbons (Fsp3) is 0.455. The second kappa shape index (κ2) is 9.57. The molecule has 1 saturated heterocycles. The highest BCUT2D eigenvalue weighted by atomic mass is 32.2. The lowest BCUT2D eigenvalue weighted by molar-refractivity contribution is 0.0948. The number of hydrogen-bond donors (Lipinski definition) is 1. The van der Waals surface area contributed by atoms with Crippen LogP contribution in [0.25, 0.3) is 0 Å². The third-order valence-electron chi connectivity index (χ3n) is 5.49. The van der Waals surface area contributed by atoms with E-state index in [0.29, 0.717) is 38.0 Å². The summed E-state index contributed by atoms with van der Waals surface area (Å²) in [5, 5.41) is 2.97. The van der Waals surface area contributed by atoms with Crippen LogP contribution >= 0.6 is 0 Å². The number of benzene rings is 1. The van der Waals surface area contributed by atoms with E-state index in [0.717, 1.165) is 22.7 Å². The minimum atomic E-state index is -3.18. The monoisotopic (exact) mass is 431 g/mol. The van der Waals surface area contributed by atoms with Gasteiger partial charge in [-0.3, -0.25) is 9.78 Å². The minimum absolute atomic E-state index is 0.0609. The number of carbonyl (C=O) groups is 1. The molecule has 0 aliphatic carbocycles. The number of nitrogens with zero attached hydrogens (tertiary/aromatic N) is 2. The van der Waals surface area contributed by atoms with Crippen molar-refractivity contribution in [1.29, 1.82) is 0 Å². The van der Waals surface area contributed by atoms with Crippen LogP contribution in [0.4, 0.5) is 0 Å². The molecular formula is C22H29N3O4S. The average Bonchev–Trinajstić information content (AvgIpc) is 2.77. The van der Waals surface area contributed by atoms with Crippen LogP contribution in [-0.2, 0) is 16.6 Å². The van der Waals surface area contributed by atoms with Crippen LogP contribution in [0, 0.1) is 6.92 Å². The Hall–Kier alpha value is -2.45. The molecule has 1 amide bonds. The molecule has 8 heteroatoms. The largest absolute Gasteiger partial charge is 0.497 e. The van der Waals surface area contributed by atoms with E-state index in [2.05, 4.69) is 10.3 Å². The van der Waals surface area contributed by atoms with Crippen LogP contribution in [0.1, 0.15) is 53.0 Å². The summed E-state index contributed by atoms with van der Waals surface area (Å²) in [5.41, 5.74) is 3.10. The summed E-state index contributed by atoms with van der Waals surface area (Å²) >= 11 is 0. The SMILES string of the molecule is CCS(=O)(=O)N1CCC(c2nc(C)ccc2C(=O)NCc2cccc(OC)c2)CC1. The van der Waals surface area contributed by atoms with E-state index in [9.17, 15) is 13.2 Å². The average molecular weight is 432 g/mol. The summed E-state index contributed by atoms with van der Waals surface area (Å²) in [7, 11) is -1.57. The second-order valence-electron chi connectivity index (χ2n) is 7.49. The number of ether oxygens (including phenoxy) is 1. The Balaban J connectivity index is 1.73. The number of aryl methyl sites for hydroxylation is 1. The highest BCUT2D eigenvalue weighted by molar-refractivity contribution is 7.89. The molecule has 0 atom stereocenters. The van der Waals surface area contributed by atoms with Crippen molar-refractivity contribution in [2.24, 2.45) is 0 Å². The van der Waals surface area contributed by atoms with Crippen molar-refractivity contribution in [3.05, 3.63) is 58.9 Å². The number of amides is 1. The molecule has 1 aliphatic heterocycles. The zero-order valence-corrected chi connectivity index (χ0v) is 18.5. The van der Waals surface area contributed by atoms with Crippen molar-refractivity contribution in [1.82, 2.24) is 14.6 Å². The van der Waals surface area contributed by atoms with Crippen LogP contribution in [-0.4, -0.2) is 49.6 Å². The predicted octanol–water partition coefficient (Wildman–Crippen LogP) is 2.86. The molecule has 0 saturated carbocycles. The number of sulfonamides is 1. The Labute approximate surface area is 178 Å². The number of methoxy groups -OCH3 is 1. The Kier molecular flexibility index (Phi) is 7.10. The van der Waals surface area contributed by atoms with Crippen molar-refractivity contribution in [3.63, 3.8) is 0 Å². The second-order valence-corrected chi connectivity index (χ2v) is 9.75. The van der Waals surface area contributed by atoms with Crippen molar-refractivity contribution < 1.29 is 17.9 Å². The third kappa shape index (κ3) is 5.17. The maximum Gasteiger partial charge on any atom is 0.253 e. The lowest BCUT2D eigenvalue weighted by Gasteiger charge is -2.31. The number of nitrogens with one attached hydrogen (secondary N) is 1. The molecule has 30 heavy (non-hydrogen) atoms. The molecule has 1 fully saturated rings. The van der Waals surface area contributed by atoms with Crippen molar-refractivity contribution >= 4 is 15.9 Å². The quantitative estimate of drug-likeness (QED) is 0.728. The molecule has 1 aromatic carbocycles. The maximum atomic E-state index is 12.9. The van der Waals surface area contributed by atoms with Crippen molar-refractivity contribution in [3.8, 4) is 5.75 Å². The van der Waals surface area contributed by atoms with E-state index in [1.807, 2.05) is 43.3 Å². The molecule has 0 radical (unpaired) electrons. The molecule has 0 unspecified atom stereocenters. The number of hydrogen-bond acceptors (Lipinski definition) is 5. The van der Waals surface area contributed by atoms with Crippen LogP contribution in [0.15, 0.2) is 36.4 Å². The van der Waals surface area contributed by atoms with Gasteiger partial charge in [-0.05, 0) is 56.5 Å². The molecule has 0 spiro atoms. The Morgan fingerprint density at radius 1 is 1.23 bits per heavy atom. The van der Waals surface area contributed by atoms with E-state index in [-0.39, 0.29) is 17.6 Å². The molecule has 2 aromatic rings. The fourth-order valence-corrected chi connectivity index (χ4v) is 4.86. The van der Waals surface area contributed by atoms with E-state index in [1.54, 1.807) is 18.3 Å². The minimum Gasteiger partial charge on any atom is -0.497 e. The van der Waals surface area contributed by atoms with Crippen LogP contribution in [0.3, 0.4) is 0 Å². The Bertz CT molecular complexity index is 999. The lowest BCUT2D eigenvalue weighted by atomic mass is 9.90. The topological polar surface area (TPSA) is 88.6 Å².